The zero-order chi connectivity index (χ0) is 17.7. The molecule has 0 N–H and O–H groups in total. The second-order valence-corrected chi connectivity index (χ2v) is 8.08. The molecule has 2 aliphatic rings. The lowest BCUT2D eigenvalue weighted by Crippen LogP contribution is -2.54. The van der Waals surface area contributed by atoms with Crippen molar-refractivity contribution in [3.05, 3.63) is 0 Å². The number of carbonyl (C=O) groups is 3. The number of ether oxygens (including phenoxy) is 1. The molecule has 2 aliphatic heterocycles. The summed E-state index contributed by atoms with van der Waals surface area (Å²) in [6.07, 6.45) is 1.96. The van der Waals surface area contributed by atoms with E-state index < -0.39 is 0 Å². The van der Waals surface area contributed by atoms with Crippen molar-refractivity contribution in [2.24, 2.45) is 5.92 Å². The number of thioether (sulfide) groups is 1. The van der Waals surface area contributed by atoms with Crippen LogP contribution in [0.2, 0.25) is 0 Å². The second-order valence-electron chi connectivity index (χ2n) is 6.63. The van der Waals surface area contributed by atoms with Crippen LogP contribution in [0.1, 0.15) is 46.5 Å². The standard InChI is InChI=1S/C17H28N2O4S/c1-4-23-15(21)6-5-14(20)18-9-7-17(8-10-18)19(11-12-24-17)16(22)13(2)3/h13H,4-12H2,1-3H3. The lowest BCUT2D eigenvalue weighted by atomic mass is 10.00. The van der Waals surface area contributed by atoms with E-state index in [0.29, 0.717) is 19.7 Å². The zero-order valence-corrected chi connectivity index (χ0v) is 15.7. The molecule has 1 spiro atoms. The van der Waals surface area contributed by atoms with Gasteiger partial charge in [-0.3, -0.25) is 14.4 Å². The molecule has 0 aliphatic carbocycles. The van der Waals surface area contributed by atoms with E-state index in [-0.39, 0.29) is 41.4 Å². The number of amides is 2. The maximum atomic E-state index is 12.5. The first-order chi connectivity index (χ1) is 11.4. The molecule has 0 saturated carbocycles. The molecule has 6 nitrogen and oxygen atoms in total. The van der Waals surface area contributed by atoms with Gasteiger partial charge in [-0.15, -0.1) is 11.8 Å². The smallest absolute Gasteiger partial charge is 0.306 e. The van der Waals surface area contributed by atoms with Crippen LogP contribution in [0.25, 0.3) is 0 Å². The lowest BCUT2D eigenvalue weighted by Gasteiger charge is -2.44. The number of piperidine rings is 1. The van der Waals surface area contributed by atoms with Gasteiger partial charge in [-0.2, -0.15) is 0 Å². The van der Waals surface area contributed by atoms with Crippen molar-refractivity contribution in [1.82, 2.24) is 9.80 Å². The van der Waals surface area contributed by atoms with E-state index in [0.717, 1.165) is 25.1 Å². The highest BCUT2D eigenvalue weighted by Gasteiger charge is 2.47. The van der Waals surface area contributed by atoms with Crippen LogP contribution in [-0.2, 0) is 19.1 Å². The van der Waals surface area contributed by atoms with E-state index in [1.54, 1.807) is 6.92 Å². The summed E-state index contributed by atoms with van der Waals surface area (Å²) in [5.74, 6) is 0.865. The molecule has 0 bridgehead atoms. The summed E-state index contributed by atoms with van der Waals surface area (Å²) < 4.78 is 4.86. The van der Waals surface area contributed by atoms with Gasteiger partial charge < -0.3 is 14.5 Å². The van der Waals surface area contributed by atoms with Gasteiger partial charge in [0.2, 0.25) is 11.8 Å². The molecule has 7 heteroatoms. The highest BCUT2D eigenvalue weighted by Crippen LogP contribution is 2.44. The Morgan fingerprint density at radius 1 is 1.12 bits per heavy atom. The van der Waals surface area contributed by atoms with Crippen molar-refractivity contribution >= 4 is 29.5 Å². The predicted octanol–water partition coefficient (Wildman–Crippen LogP) is 1.88. The Hall–Kier alpha value is -1.24. The fourth-order valence-corrected chi connectivity index (χ4v) is 4.81. The van der Waals surface area contributed by atoms with Crippen molar-refractivity contribution in [2.75, 3.05) is 32.0 Å². The van der Waals surface area contributed by atoms with Gasteiger partial charge in [0.1, 0.15) is 0 Å². The maximum Gasteiger partial charge on any atom is 0.306 e. The van der Waals surface area contributed by atoms with Crippen LogP contribution < -0.4 is 0 Å². The van der Waals surface area contributed by atoms with Crippen LogP contribution in [0.5, 0.6) is 0 Å². The molecule has 0 radical (unpaired) electrons. The number of nitrogens with zero attached hydrogens (tertiary/aromatic N) is 2. The molecule has 2 rings (SSSR count). The molecule has 0 aromatic heterocycles. The third-order valence-corrected chi connectivity index (χ3v) is 6.24. The number of hydrogen-bond donors (Lipinski definition) is 0. The molecule has 136 valence electrons. The van der Waals surface area contributed by atoms with Crippen LogP contribution in [0.3, 0.4) is 0 Å². The van der Waals surface area contributed by atoms with Crippen LogP contribution >= 0.6 is 11.8 Å². The van der Waals surface area contributed by atoms with Gasteiger partial charge >= 0.3 is 5.97 Å². The number of rotatable bonds is 5. The average molecular weight is 356 g/mol. The summed E-state index contributed by atoms with van der Waals surface area (Å²) >= 11 is 1.85. The summed E-state index contributed by atoms with van der Waals surface area (Å²) in [6.45, 7) is 8.08. The Morgan fingerprint density at radius 2 is 1.79 bits per heavy atom. The molecular formula is C17H28N2O4S. The van der Waals surface area contributed by atoms with Crippen molar-refractivity contribution in [3.8, 4) is 0 Å². The highest BCUT2D eigenvalue weighted by molar-refractivity contribution is 8.00. The quantitative estimate of drug-likeness (QED) is 0.704. The van der Waals surface area contributed by atoms with Gasteiger partial charge in [0.25, 0.3) is 0 Å². The van der Waals surface area contributed by atoms with Crippen LogP contribution in [0.4, 0.5) is 0 Å². The SMILES string of the molecule is CCOC(=O)CCC(=O)N1CCC2(CC1)SCCN2C(=O)C(C)C. The minimum atomic E-state index is -0.320. The Labute approximate surface area is 148 Å². The summed E-state index contributed by atoms with van der Waals surface area (Å²) in [5.41, 5.74) is 0. The Morgan fingerprint density at radius 3 is 2.38 bits per heavy atom. The van der Waals surface area contributed by atoms with Gasteiger partial charge in [0.05, 0.1) is 17.9 Å². The van der Waals surface area contributed by atoms with E-state index >= 15 is 0 Å². The van der Waals surface area contributed by atoms with Crippen LogP contribution in [-0.4, -0.2) is 64.4 Å². The molecule has 2 amide bonds. The van der Waals surface area contributed by atoms with Crippen LogP contribution in [0.15, 0.2) is 0 Å². The topological polar surface area (TPSA) is 66.9 Å². The molecule has 0 unspecified atom stereocenters. The fraction of sp³-hybridized carbons (Fsp3) is 0.824. The van der Waals surface area contributed by atoms with E-state index in [4.69, 9.17) is 4.74 Å². The van der Waals surface area contributed by atoms with Gasteiger partial charge in [-0.25, -0.2) is 0 Å². The molecule has 2 heterocycles. The minimum absolute atomic E-state index is 0.00244. The highest BCUT2D eigenvalue weighted by atomic mass is 32.2. The van der Waals surface area contributed by atoms with Crippen LogP contribution in [0, 0.1) is 5.92 Å². The third-order valence-electron chi connectivity index (χ3n) is 4.68. The van der Waals surface area contributed by atoms with E-state index in [2.05, 4.69) is 0 Å². The molecule has 0 atom stereocenters. The second kappa shape index (κ2) is 8.23. The molecule has 2 saturated heterocycles. The number of likely N-dealkylation sites (tertiary alicyclic amines) is 1. The molecule has 0 aromatic carbocycles. The van der Waals surface area contributed by atoms with Gasteiger partial charge in [-0.1, -0.05) is 13.8 Å². The first-order valence-corrected chi connectivity index (χ1v) is 9.77. The Balaban J connectivity index is 1.87. The normalized spacial score (nSPS) is 19.8. The van der Waals surface area contributed by atoms with Gasteiger partial charge in [0.15, 0.2) is 0 Å². The molecular weight excluding hydrogens is 328 g/mol. The molecule has 2 fully saturated rings. The summed E-state index contributed by atoms with van der Waals surface area (Å²) in [4.78, 5) is 39.8. The summed E-state index contributed by atoms with van der Waals surface area (Å²) in [5, 5.41) is 0. The van der Waals surface area contributed by atoms with Crippen molar-refractivity contribution in [2.45, 2.75) is 51.3 Å². The summed E-state index contributed by atoms with van der Waals surface area (Å²) in [7, 11) is 0. The Bertz CT molecular complexity index is 487. The number of carbonyl (C=O) groups excluding carboxylic acids is 3. The molecule has 0 aromatic rings. The average Bonchev–Trinajstić information content (AvgIpc) is 2.95. The fourth-order valence-electron chi connectivity index (χ4n) is 3.35. The van der Waals surface area contributed by atoms with E-state index in [1.807, 2.05) is 35.4 Å². The predicted molar refractivity (Wildman–Crippen MR) is 93.4 cm³/mol. The lowest BCUT2D eigenvalue weighted by molar-refractivity contribution is -0.146. The minimum Gasteiger partial charge on any atom is -0.466 e. The van der Waals surface area contributed by atoms with Crippen molar-refractivity contribution in [1.29, 1.82) is 0 Å². The first-order valence-electron chi connectivity index (χ1n) is 8.78. The van der Waals surface area contributed by atoms with Crippen molar-refractivity contribution in [3.63, 3.8) is 0 Å². The van der Waals surface area contributed by atoms with Gasteiger partial charge in [0, 0.05) is 37.7 Å². The van der Waals surface area contributed by atoms with Gasteiger partial charge in [-0.05, 0) is 19.8 Å². The first kappa shape index (κ1) is 19.1. The zero-order valence-electron chi connectivity index (χ0n) is 14.9. The van der Waals surface area contributed by atoms with Crippen molar-refractivity contribution < 1.29 is 19.1 Å². The number of esters is 1. The third kappa shape index (κ3) is 4.23. The Kier molecular flexibility index (Phi) is 6.54. The summed E-state index contributed by atoms with van der Waals surface area (Å²) in [6, 6.07) is 0. The monoisotopic (exact) mass is 356 g/mol. The number of hydrogen-bond acceptors (Lipinski definition) is 5. The van der Waals surface area contributed by atoms with E-state index in [9.17, 15) is 14.4 Å². The molecule has 24 heavy (non-hydrogen) atoms. The maximum absolute atomic E-state index is 12.5. The largest absolute Gasteiger partial charge is 0.466 e. The van der Waals surface area contributed by atoms with E-state index in [1.165, 1.54) is 0 Å².